The number of carboxylic acids is 1. The molecule has 1 aromatic heterocycles. The smallest absolute Gasteiger partial charge is 0.309 e. The summed E-state index contributed by atoms with van der Waals surface area (Å²) in [6, 6.07) is 5.08. The van der Waals surface area contributed by atoms with Gasteiger partial charge in [0.1, 0.15) is 0 Å². The Morgan fingerprint density at radius 2 is 2.20 bits per heavy atom. The zero-order valence-electron chi connectivity index (χ0n) is 10.5. The molecule has 104 valence electrons. The Labute approximate surface area is 124 Å². The molecule has 0 aliphatic rings. The Kier molecular flexibility index (Phi) is 4.36. The Morgan fingerprint density at radius 3 is 2.90 bits per heavy atom. The molecule has 20 heavy (non-hydrogen) atoms. The minimum absolute atomic E-state index is 0.164. The van der Waals surface area contributed by atoms with Crippen LogP contribution in [0.15, 0.2) is 23.6 Å². The van der Waals surface area contributed by atoms with Crippen molar-refractivity contribution in [1.29, 1.82) is 0 Å². The van der Waals surface area contributed by atoms with E-state index in [1.54, 1.807) is 30.5 Å². The summed E-state index contributed by atoms with van der Waals surface area (Å²) >= 11 is 7.15. The largest absolute Gasteiger partial charge is 0.481 e. The van der Waals surface area contributed by atoms with Crippen molar-refractivity contribution < 1.29 is 14.7 Å². The van der Waals surface area contributed by atoms with E-state index in [4.69, 9.17) is 16.7 Å². The molecule has 0 fully saturated rings. The second kappa shape index (κ2) is 6.02. The van der Waals surface area contributed by atoms with Gasteiger partial charge in [0.05, 0.1) is 12.1 Å². The fourth-order valence-corrected chi connectivity index (χ4v) is 2.50. The predicted octanol–water partition coefficient (Wildman–Crippen LogP) is 2.98. The number of hydrogen-bond donors (Lipinski definition) is 2. The molecule has 0 aliphatic carbocycles. The lowest BCUT2D eigenvalue weighted by Crippen LogP contribution is -2.13. The van der Waals surface area contributed by atoms with E-state index in [1.807, 2.05) is 0 Å². The fraction of sp³-hybridized carbons (Fsp3) is 0.154. The highest BCUT2D eigenvalue weighted by atomic mass is 35.5. The highest BCUT2D eigenvalue weighted by molar-refractivity contribution is 7.14. The number of hydrogen-bond acceptors (Lipinski definition) is 4. The van der Waals surface area contributed by atoms with Gasteiger partial charge in [0.15, 0.2) is 5.13 Å². The number of anilines is 1. The third-order valence-corrected chi connectivity index (χ3v) is 3.83. The fourth-order valence-electron chi connectivity index (χ4n) is 1.62. The SMILES string of the molecule is Cc1c(Cl)cccc1C(=O)Nc1nc(CC(=O)O)cs1. The van der Waals surface area contributed by atoms with Gasteiger partial charge in [-0.15, -0.1) is 11.3 Å². The van der Waals surface area contributed by atoms with Gasteiger partial charge in [-0.3, -0.25) is 14.9 Å². The first-order chi connectivity index (χ1) is 9.47. The number of benzene rings is 1. The molecule has 2 N–H and O–H groups in total. The molecular formula is C13H11ClN2O3S. The van der Waals surface area contributed by atoms with Gasteiger partial charge in [-0.1, -0.05) is 17.7 Å². The van der Waals surface area contributed by atoms with E-state index >= 15 is 0 Å². The van der Waals surface area contributed by atoms with Crippen molar-refractivity contribution in [2.24, 2.45) is 0 Å². The quantitative estimate of drug-likeness (QED) is 0.910. The van der Waals surface area contributed by atoms with E-state index in [2.05, 4.69) is 10.3 Å². The molecule has 1 amide bonds. The van der Waals surface area contributed by atoms with Crippen LogP contribution in [-0.4, -0.2) is 22.0 Å². The van der Waals surface area contributed by atoms with Crippen LogP contribution in [0.5, 0.6) is 0 Å². The average molecular weight is 311 g/mol. The standard InChI is InChI=1S/C13H11ClN2O3S/c1-7-9(3-2-4-10(7)14)12(19)16-13-15-8(6-20-13)5-11(17)18/h2-4,6H,5H2,1H3,(H,17,18)(H,15,16,19). The summed E-state index contributed by atoms with van der Waals surface area (Å²) in [5, 5.41) is 13.8. The lowest BCUT2D eigenvalue weighted by molar-refractivity contribution is -0.136. The van der Waals surface area contributed by atoms with E-state index in [0.717, 1.165) is 0 Å². The van der Waals surface area contributed by atoms with Crippen LogP contribution in [0.3, 0.4) is 0 Å². The first-order valence-electron chi connectivity index (χ1n) is 5.70. The van der Waals surface area contributed by atoms with E-state index in [0.29, 0.717) is 27.0 Å². The zero-order valence-corrected chi connectivity index (χ0v) is 12.1. The summed E-state index contributed by atoms with van der Waals surface area (Å²) in [6.45, 7) is 1.76. The minimum Gasteiger partial charge on any atom is -0.481 e. The molecule has 2 aromatic rings. The van der Waals surface area contributed by atoms with Gasteiger partial charge < -0.3 is 5.11 Å². The molecule has 5 nitrogen and oxygen atoms in total. The van der Waals surface area contributed by atoms with Crippen molar-refractivity contribution in [1.82, 2.24) is 4.98 Å². The molecule has 0 spiro atoms. The van der Waals surface area contributed by atoms with Crippen LogP contribution in [0.2, 0.25) is 5.02 Å². The molecule has 1 heterocycles. The predicted molar refractivity (Wildman–Crippen MR) is 77.6 cm³/mol. The third kappa shape index (κ3) is 3.34. The first-order valence-corrected chi connectivity index (χ1v) is 6.96. The van der Waals surface area contributed by atoms with E-state index in [-0.39, 0.29) is 12.3 Å². The molecule has 1 aromatic carbocycles. The molecule has 0 saturated carbocycles. The van der Waals surface area contributed by atoms with Gasteiger partial charge in [0.2, 0.25) is 0 Å². The number of thiazole rings is 1. The number of amides is 1. The maximum Gasteiger partial charge on any atom is 0.309 e. The van der Waals surface area contributed by atoms with Crippen LogP contribution >= 0.6 is 22.9 Å². The minimum atomic E-state index is -0.959. The van der Waals surface area contributed by atoms with Gasteiger partial charge in [-0.25, -0.2) is 4.98 Å². The second-order valence-electron chi connectivity index (χ2n) is 4.08. The van der Waals surface area contributed by atoms with Crippen molar-refractivity contribution in [3.05, 3.63) is 45.4 Å². The van der Waals surface area contributed by atoms with Gasteiger partial charge >= 0.3 is 5.97 Å². The Bertz CT molecular complexity index is 669. The van der Waals surface area contributed by atoms with E-state index < -0.39 is 5.97 Å². The van der Waals surface area contributed by atoms with Gasteiger partial charge in [-0.2, -0.15) is 0 Å². The number of rotatable bonds is 4. The lowest BCUT2D eigenvalue weighted by Gasteiger charge is -2.06. The first kappa shape index (κ1) is 14.5. The summed E-state index contributed by atoms with van der Waals surface area (Å²) in [5.74, 6) is -1.28. The number of aromatic nitrogens is 1. The summed E-state index contributed by atoms with van der Waals surface area (Å²) < 4.78 is 0. The highest BCUT2D eigenvalue weighted by Gasteiger charge is 2.13. The maximum absolute atomic E-state index is 12.1. The molecule has 0 atom stereocenters. The van der Waals surface area contributed by atoms with Crippen molar-refractivity contribution >= 4 is 39.9 Å². The third-order valence-electron chi connectivity index (χ3n) is 2.62. The van der Waals surface area contributed by atoms with Crippen LogP contribution < -0.4 is 5.32 Å². The van der Waals surface area contributed by atoms with Crippen LogP contribution in [0.4, 0.5) is 5.13 Å². The van der Waals surface area contributed by atoms with Crippen molar-refractivity contribution in [2.75, 3.05) is 5.32 Å². The molecule has 0 unspecified atom stereocenters. The molecule has 0 radical (unpaired) electrons. The van der Waals surface area contributed by atoms with Crippen LogP contribution in [0.25, 0.3) is 0 Å². The van der Waals surface area contributed by atoms with Crippen molar-refractivity contribution in [3.8, 4) is 0 Å². The van der Waals surface area contributed by atoms with Crippen molar-refractivity contribution in [2.45, 2.75) is 13.3 Å². The van der Waals surface area contributed by atoms with Gasteiger partial charge in [0, 0.05) is 16.0 Å². The van der Waals surface area contributed by atoms with Gasteiger partial charge in [-0.05, 0) is 24.6 Å². The number of nitrogens with zero attached hydrogens (tertiary/aromatic N) is 1. The van der Waals surface area contributed by atoms with Crippen LogP contribution in [0, 0.1) is 6.92 Å². The number of nitrogens with one attached hydrogen (secondary N) is 1. The number of carbonyl (C=O) groups excluding carboxylic acids is 1. The Morgan fingerprint density at radius 1 is 1.45 bits per heavy atom. The molecule has 7 heteroatoms. The summed E-state index contributed by atoms with van der Waals surface area (Å²) in [6.07, 6.45) is -0.164. The highest BCUT2D eigenvalue weighted by Crippen LogP contribution is 2.21. The number of carbonyl (C=O) groups is 2. The summed E-state index contributed by atoms with van der Waals surface area (Å²) in [4.78, 5) is 26.7. The molecular weight excluding hydrogens is 300 g/mol. The van der Waals surface area contributed by atoms with E-state index in [9.17, 15) is 9.59 Å². The number of halogens is 1. The number of carboxylic acid groups (broad SMARTS) is 1. The van der Waals surface area contributed by atoms with Crippen molar-refractivity contribution in [3.63, 3.8) is 0 Å². The van der Waals surface area contributed by atoms with Crippen LogP contribution in [-0.2, 0) is 11.2 Å². The summed E-state index contributed by atoms with van der Waals surface area (Å²) in [7, 11) is 0. The maximum atomic E-state index is 12.1. The lowest BCUT2D eigenvalue weighted by atomic mass is 10.1. The molecule has 0 aliphatic heterocycles. The van der Waals surface area contributed by atoms with Crippen LogP contribution in [0.1, 0.15) is 21.6 Å². The molecule has 2 rings (SSSR count). The zero-order chi connectivity index (χ0) is 14.7. The molecule has 0 bridgehead atoms. The normalized spacial score (nSPS) is 10.3. The Balaban J connectivity index is 2.13. The Hall–Kier alpha value is -1.92. The average Bonchev–Trinajstić information content (AvgIpc) is 2.79. The van der Waals surface area contributed by atoms with E-state index in [1.165, 1.54) is 11.3 Å². The topological polar surface area (TPSA) is 79.3 Å². The number of aliphatic carboxylic acids is 1. The second-order valence-corrected chi connectivity index (χ2v) is 5.35. The monoisotopic (exact) mass is 310 g/mol. The van der Waals surface area contributed by atoms with Gasteiger partial charge in [0.25, 0.3) is 5.91 Å². The molecule has 0 saturated heterocycles. The summed E-state index contributed by atoms with van der Waals surface area (Å²) in [5.41, 5.74) is 1.57.